The molecule has 2 unspecified atom stereocenters. The number of ether oxygens (including phenoxy) is 1. The minimum absolute atomic E-state index is 0.222. The molecule has 2 heteroatoms. The molecular weight excluding hydrogens is 222 g/mol. The van der Waals surface area contributed by atoms with E-state index in [0.717, 1.165) is 11.7 Å². The van der Waals surface area contributed by atoms with Crippen molar-refractivity contribution in [1.29, 1.82) is 0 Å². The topological polar surface area (TPSA) is 21.3 Å². The van der Waals surface area contributed by atoms with Gasteiger partial charge in [-0.05, 0) is 51.6 Å². The number of benzene rings is 1. The lowest BCUT2D eigenvalue weighted by Gasteiger charge is -2.26. The smallest absolute Gasteiger partial charge is 0.124 e. The Labute approximate surface area is 111 Å². The van der Waals surface area contributed by atoms with Crippen LogP contribution < -0.4 is 10.1 Å². The van der Waals surface area contributed by atoms with Crippen LogP contribution in [-0.4, -0.2) is 13.2 Å². The van der Waals surface area contributed by atoms with Gasteiger partial charge in [0.25, 0.3) is 0 Å². The summed E-state index contributed by atoms with van der Waals surface area (Å²) in [6.07, 6.45) is 2.99. The second-order valence-electron chi connectivity index (χ2n) is 5.67. The van der Waals surface area contributed by atoms with E-state index in [4.69, 9.17) is 4.74 Å². The highest BCUT2D eigenvalue weighted by molar-refractivity contribution is 5.36. The summed E-state index contributed by atoms with van der Waals surface area (Å²) in [5.74, 6) is 2.58. The zero-order valence-corrected chi connectivity index (χ0v) is 11.9. The van der Waals surface area contributed by atoms with E-state index in [9.17, 15) is 0 Å². The van der Waals surface area contributed by atoms with E-state index in [2.05, 4.69) is 57.4 Å². The van der Waals surface area contributed by atoms with E-state index in [1.807, 2.05) is 0 Å². The highest BCUT2D eigenvalue weighted by Crippen LogP contribution is 2.44. The Hall–Kier alpha value is -1.02. The minimum Gasteiger partial charge on any atom is -0.491 e. The lowest BCUT2D eigenvalue weighted by Crippen LogP contribution is -2.25. The Kier molecular flexibility index (Phi) is 4.28. The minimum atomic E-state index is 0.222. The van der Waals surface area contributed by atoms with Crippen LogP contribution in [0.15, 0.2) is 24.3 Å². The average molecular weight is 247 g/mol. The summed E-state index contributed by atoms with van der Waals surface area (Å²) < 4.78 is 5.94. The van der Waals surface area contributed by atoms with Crippen molar-refractivity contribution in [3.8, 4) is 5.75 Å². The second-order valence-corrected chi connectivity index (χ2v) is 5.67. The van der Waals surface area contributed by atoms with Crippen molar-refractivity contribution < 1.29 is 4.74 Å². The van der Waals surface area contributed by atoms with E-state index >= 15 is 0 Å². The third-order valence-electron chi connectivity index (χ3n) is 3.82. The first kappa shape index (κ1) is 13.4. The summed E-state index contributed by atoms with van der Waals surface area (Å²) in [6.45, 7) is 6.51. The van der Waals surface area contributed by atoms with Gasteiger partial charge in [0.2, 0.25) is 0 Å². The quantitative estimate of drug-likeness (QED) is 0.826. The van der Waals surface area contributed by atoms with Gasteiger partial charge >= 0.3 is 0 Å². The number of para-hydroxylation sites is 1. The van der Waals surface area contributed by atoms with Crippen molar-refractivity contribution in [3.05, 3.63) is 29.8 Å². The monoisotopic (exact) mass is 247 g/mol. The predicted molar refractivity (Wildman–Crippen MR) is 75.9 cm³/mol. The van der Waals surface area contributed by atoms with Crippen LogP contribution in [0, 0.1) is 11.8 Å². The summed E-state index contributed by atoms with van der Waals surface area (Å²) >= 11 is 0. The molecule has 2 rings (SSSR count). The molecule has 2 atom stereocenters. The van der Waals surface area contributed by atoms with Crippen LogP contribution in [-0.2, 0) is 0 Å². The molecule has 0 amide bonds. The van der Waals surface area contributed by atoms with E-state index in [1.165, 1.54) is 18.4 Å². The Morgan fingerprint density at radius 2 is 1.83 bits per heavy atom. The first-order valence-corrected chi connectivity index (χ1v) is 7.06. The van der Waals surface area contributed by atoms with Crippen molar-refractivity contribution in [2.75, 3.05) is 7.05 Å². The van der Waals surface area contributed by atoms with Crippen molar-refractivity contribution >= 4 is 0 Å². The molecular formula is C16H25NO. The van der Waals surface area contributed by atoms with E-state index in [-0.39, 0.29) is 6.10 Å². The molecule has 1 fully saturated rings. The van der Waals surface area contributed by atoms with Crippen LogP contribution in [0.25, 0.3) is 0 Å². The molecule has 100 valence electrons. The van der Waals surface area contributed by atoms with Crippen molar-refractivity contribution in [2.24, 2.45) is 11.8 Å². The maximum absolute atomic E-state index is 5.94. The molecule has 0 aliphatic heterocycles. The van der Waals surface area contributed by atoms with E-state index in [0.29, 0.717) is 12.0 Å². The SMILES string of the molecule is CNC(c1ccccc1OC(C)C)C(C)C1CC1. The Morgan fingerprint density at radius 3 is 2.39 bits per heavy atom. The fraction of sp³-hybridized carbons (Fsp3) is 0.625. The molecule has 18 heavy (non-hydrogen) atoms. The Bertz CT molecular complexity index is 384. The molecule has 0 spiro atoms. The number of hydrogen-bond donors (Lipinski definition) is 1. The van der Waals surface area contributed by atoms with Gasteiger partial charge in [-0.15, -0.1) is 0 Å². The molecule has 0 saturated heterocycles. The third-order valence-corrected chi connectivity index (χ3v) is 3.82. The molecule has 1 aromatic rings. The second kappa shape index (κ2) is 5.75. The molecule has 1 aromatic carbocycles. The van der Waals surface area contributed by atoms with Gasteiger partial charge in [0.15, 0.2) is 0 Å². The Balaban J connectivity index is 2.23. The van der Waals surface area contributed by atoms with Crippen LogP contribution in [0.5, 0.6) is 5.75 Å². The number of hydrogen-bond acceptors (Lipinski definition) is 2. The average Bonchev–Trinajstić information content (AvgIpc) is 3.15. The first-order valence-electron chi connectivity index (χ1n) is 7.06. The lowest BCUT2D eigenvalue weighted by atomic mass is 9.90. The molecule has 0 radical (unpaired) electrons. The fourth-order valence-electron chi connectivity index (χ4n) is 2.69. The van der Waals surface area contributed by atoms with Gasteiger partial charge in [-0.1, -0.05) is 25.1 Å². The number of nitrogens with one attached hydrogen (secondary N) is 1. The molecule has 1 aliphatic rings. The van der Waals surface area contributed by atoms with Crippen molar-refractivity contribution in [1.82, 2.24) is 5.32 Å². The largest absolute Gasteiger partial charge is 0.491 e. The lowest BCUT2D eigenvalue weighted by molar-refractivity contribution is 0.234. The van der Waals surface area contributed by atoms with Crippen LogP contribution in [0.2, 0.25) is 0 Å². The van der Waals surface area contributed by atoms with Gasteiger partial charge in [-0.2, -0.15) is 0 Å². The van der Waals surface area contributed by atoms with E-state index < -0.39 is 0 Å². The molecule has 1 aliphatic carbocycles. The molecule has 0 bridgehead atoms. The van der Waals surface area contributed by atoms with Crippen LogP contribution >= 0.6 is 0 Å². The summed E-state index contributed by atoms with van der Waals surface area (Å²) in [4.78, 5) is 0. The van der Waals surface area contributed by atoms with Crippen LogP contribution in [0.3, 0.4) is 0 Å². The van der Waals surface area contributed by atoms with Gasteiger partial charge in [-0.3, -0.25) is 0 Å². The van der Waals surface area contributed by atoms with Gasteiger partial charge in [0, 0.05) is 11.6 Å². The molecule has 2 nitrogen and oxygen atoms in total. The van der Waals surface area contributed by atoms with Gasteiger partial charge < -0.3 is 10.1 Å². The number of rotatable bonds is 6. The molecule has 1 N–H and O–H groups in total. The highest BCUT2D eigenvalue weighted by Gasteiger charge is 2.34. The summed E-state index contributed by atoms with van der Waals surface area (Å²) in [5, 5.41) is 3.47. The van der Waals surface area contributed by atoms with Crippen molar-refractivity contribution in [3.63, 3.8) is 0 Å². The van der Waals surface area contributed by atoms with Gasteiger partial charge in [0.1, 0.15) is 5.75 Å². The predicted octanol–water partition coefficient (Wildman–Crippen LogP) is 3.78. The molecule has 1 saturated carbocycles. The Morgan fingerprint density at radius 1 is 1.17 bits per heavy atom. The summed E-state index contributed by atoms with van der Waals surface area (Å²) in [6, 6.07) is 8.83. The van der Waals surface area contributed by atoms with Crippen molar-refractivity contribution in [2.45, 2.75) is 45.8 Å². The zero-order valence-electron chi connectivity index (χ0n) is 11.9. The summed E-state index contributed by atoms with van der Waals surface area (Å²) in [7, 11) is 2.05. The van der Waals surface area contributed by atoms with Crippen LogP contribution in [0.4, 0.5) is 0 Å². The highest BCUT2D eigenvalue weighted by atomic mass is 16.5. The van der Waals surface area contributed by atoms with E-state index in [1.54, 1.807) is 0 Å². The maximum Gasteiger partial charge on any atom is 0.124 e. The van der Waals surface area contributed by atoms with Gasteiger partial charge in [-0.25, -0.2) is 0 Å². The summed E-state index contributed by atoms with van der Waals surface area (Å²) in [5.41, 5.74) is 1.30. The zero-order chi connectivity index (χ0) is 13.1. The maximum atomic E-state index is 5.94. The molecule has 0 aromatic heterocycles. The van der Waals surface area contributed by atoms with Gasteiger partial charge in [0.05, 0.1) is 6.10 Å². The molecule has 0 heterocycles. The normalized spacial score (nSPS) is 18.7. The van der Waals surface area contributed by atoms with Crippen LogP contribution in [0.1, 0.15) is 45.2 Å². The fourth-order valence-corrected chi connectivity index (χ4v) is 2.69. The first-order chi connectivity index (χ1) is 8.63. The standard InChI is InChI=1S/C16H25NO/c1-11(2)18-15-8-6-5-7-14(15)16(17-4)12(3)13-9-10-13/h5-8,11-13,16-17H,9-10H2,1-4H3. The third kappa shape index (κ3) is 3.05.